The van der Waals surface area contributed by atoms with E-state index in [1.54, 1.807) is 6.07 Å². The van der Waals surface area contributed by atoms with Gasteiger partial charge in [-0.2, -0.15) is 0 Å². The monoisotopic (exact) mass is 360 g/mol. The van der Waals surface area contributed by atoms with Crippen molar-refractivity contribution in [3.8, 4) is 0 Å². The zero-order valence-electron chi connectivity index (χ0n) is 15.7. The van der Waals surface area contributed by atoms with Gasteiger partial charge in [0.2, 0.25) is 0 Å². The van der Waals surface area contributed by atoms with Crippen molar-refractivity contribution in [2.24, 2.45) is 0 Å². The molecule has 0 atom stereocenters. The standard InChI is InChI=1S/C20H28N2O4/c1-15-11-18-17(13-20(24)26-19(18)12-16(15)2)14-22-5-3-21(4-6-22)7-9-25-10-8-23/h11-13,23H,3-10,14H2,1-2H3. The fraction of sp³-hybridized carbons (Fsp3) is 0.550. The van der Waals surface area contributed by atoms with E-state index >= 15 is 0 Å². The molecule has 1 aromatic heterocycles. The van der Waals surface area contributed by atoms with Crippen molar-refractivity contribution in [2.75, 3.05) is 52.5 Å². The third kappa shape index (κ3) is 4.71. The molecular weight excluding hydrogens is 332 g/mol. The summed E-state index contributed by atoms with van der Waals surface area (Å²) in [6.45, 7) is 10.8. The summed E-state index contributed by atoms with van der Waals surface area (Å²) in [5, 5.41) is 9.77. The van der Waals surface area contributed by atoms with Crippen LogP contribution in [0.25, 0.3) is 11.0 Å². The first-order valence-electron chi connectivity index (χ1n) is 9.24. The van der Waals surface area contributed by atoms with E-state index < -0.39 is 0 Å². The molecule has 0 radical (unpaired) electrons. The molecule has 1 N–H and O–H groups in total. The van der Waals surface area contributed by atoms with Gasteiger partial charge in [-0.3, -0.25) is 9.80 Å². The second kappa shape index (κ2) is 8.77. The summed E-state index contributed by atoms with van der Waals surface area (Å²) in [4.78, 5) is 16.7. The van der Waals surface area contributed by atoms with Crippen LogP contribution < -0.4 is 5.63 Å². The Hall–Kier alpha value is -1.73. The lowest BCUT2D eigenvalue weighted by Crippen LogP contribution is -2.46. The number of fused-ring (bicyclic) bond motifs is 1. The minimum absolute atomic E-state index is 0.0752. The van der Waals surface area contributed by atoms with Gasteiger partial charge in [-0.05, 0) is 42.7 Å². The number of benzene rings is 1. The molecule has 0 aliphatic carbocycles. The van der Waals surface area contributed by atoms with Gasteiger partial charge in [-0.25, -0.2) is 4.79 Å². The maximum absolute atomic E-state index is 11.9. The Kier molecular flexibility index (Phi) is 6.43. The molecule has 1 saturated heterocycles. The zero-order chi connectivity index (χ0) is 18.5. The summed E-state index contributed by atoms with van der Waals surface area (Å²) in [5.41, 5.74) is 3.78. The third-order valence-corrected chi connectivity index (χ3v) is 5.09. The fourth-order valence-corrected chi connectivity index (χ4v) is 3.39. The minimum atomic E-state index is -0.282. The van der Waals surface area contributed by atoms with E-state index in [4.69, 9.17) is 14.3 Å². The van der Waals surface area contributed by atoms with Crippen LogP contribution in [-0.2, 0) is 11.3 Å². The molecule has 6 heteroatoms. The molecule has 3 rings (SSSR count). The Balaban J connectivity index is 1.63. The van der Waals surface area contributed by atoms with Crippen molar-refractivity contribution in [1.29, 1.82) is 0 Å². The van der Waals surface area contributed by atoms with Gasteiger partial charge >= 0.3 is 5.63 Å². The highest BCUT2D eigenvalue weighted by Gasteiger charge is 2.18. The second-order valence-corrected chi connectivity index (χ2v) is 6.98. The van der Waals surface area contributed by atoms with E-state index in [1.165, 1.54) is 5.56 Å². The van der Waals surface area contributed by atoms with Crippen molar-refractivity contribution in [3.63, 3.8) is 0 Å². The van der Waals surface area contributed by atoms with Crippen LogP contribution in [0.4, 0.5) is 0 Å². The van der Waals surface area contributed by atoms with Crippen LogP contribution in [-0.4, -0.2) is 67.5 Å². The summed E-state index contributed by atoms with van der Waals surface area (Å²) >= 11 is 0. The van der Waals surface area contributed by atoms with Gasteiger partial charge in [0.05, 0.1) is 19.8 Å². The molecule has 2 heterocycles. The maximum atomic E-state index is 11.9. The number of rotatable bonds is 7. The van der Waals surface area contributed by atoms with Crippen LogP contribution >= 0.6 is 0 Å². The van der Waals surface area contributed by atoms with E-state index in [2.05, 4.69) is 22.8 Å². The summed E-state index contributed by atoms with van der Waals surface area (Å²) < 4.78 is 10.7. The van der Waals surface area contributed by atoms with Gasteiger partial charge in [0, 0.05) is 50.7 Å². The van der Waals surface area contributed by atoms with Gasteiger partial charge < -0.3 is 14.3 Å². The van der Waals surface area contributed by atoms with Gasteiger partial charge in [0.15, 0.2) is 0 Å². The predicted molar refractivity (Wildman–Crippen MR) is 102 cm³/mol. The third-order valence-electron chi connectivity index (χ3n) is 5.09. The number of aryl methyl sites for hydroxylation is 2. The molecule has 26 heavy (non-hydrogen) atoms. The number of hydrogen-bond acceptors (Lipinski definition) is 6. The highest BCUT2D eigenvalue weighted by molar-refractivity contribution is 5.81. The molecule has 1 aliphatic heterocycles. The van der Waals surface area contributed by atoms with Crippen molar-refractivity contribution in [3.05, 3.63) is 45.3 Å². The van der Waals surface area contributed by atoms with Gasteiger partial charge in [-0.1, -0.05) is 0 Å². The van der Waals surface area contributed by atoms with Crippen molar-refractivity contribution in [2.45, 2.75) is 20.4 Å². The number of piperazine rings is 1. The normalized spacial score (nSPS) is 16.4. The highest BCUT2D eigenvalue weighted by Crippen LogP contribution is 2.23. The molecule has 0 spiro atoms. The lowest BCUT2D eigenvalue weighted by atomic mass is 10.0. The molecule has 0 amide bonds. The van der Waals surface area contributed by atoms with Gasteiger partial charge in [-0.15, -0.1) is 0 Å². The summed E-state index contributed by atoms with van der Waals surface area (Å²) in [6, 6.07) is 5.71. The molecule has 142 valence electrons. The summed E-state index contributed by atoms with van der Waals surface area (Å²) in [5.74, 6) is 0. The van der Waals surface area contributed by atoms with E-state index in [9.17, 15) is 4.79 Å². The average molecular weight is 360 g/mol. The Labute approximate surface area is 154 Å². The smallest absolute Gasteiger partial charge is 0.336 e. The first-order valence-corrected chi connectivity index (χ1v) is 9.24. The Morgan fingerprint density at radius 2 is 1.73 bits per heavy atom. The lowest BCUT2D eigenvalue weighted by molar-refractivity contribution is 0.0564. The van der Waals surface area contributed by atoms with Crippen LogP contribution in [0.15, 0.2) is 27.4 Å². The quantitative estimate of drug-likeness (QED) is 0.597. The van der Waals surface area contributed by atoms with Crippen molar-refractivity contribution in [1.82, 2.24) is 9.80 Å². The Morgan fingerprint density at radius 3 is 2.46 bits per heavy atom. The Bertz CT molecular complexity index is 794. The van der Waals surface area contributed by atoms with E-state index in [0.29, 0.717) is 18.8 Å². The number of ether oxygens (including phenoxy) is 1. The molecule has 1 aliphatic rings. The number of aliphatic hydroxyl groups is 1. The van der Waals surface area contributed by atoms with Crippen LogP contribution in [0, 0.1) is 13.8 Å². The molecular formula is C20H28N2O4. The van der Waals surface area contributed by atoms with Gasteiger partial charge in [0.1, 0.15) is 5.58 Å². The van der Waals surface area contributed by atoms with Gasteiger partial charge in [0.25, 0.3) is 0 Å². The highest BCUT2D eigenvalue weighted by atomic mass is 16.5. The van der Waals surface area contributed by atoms with Crippen LogP contribution in [0.1, 0.15) is 16.7 Å². The second-order valence-electron chi connectivity index (χ2n) is 6.98. The first-order chi connectivity index (χ1) is 12.6. The number of aliphatic hydroxyl groups excluding tert-OH is 1. The van der Waals surface area contributed by atoms with Crippen molar-refractivity contribution >= 4 is 11.0 Å². The van der Waals surface area contributed by atoms with Crippen molar-refractivity contribution < 1.29 is 14.3 Å². The van der Waals surface area contributed by atoms with E-state index in [0.717, 1.165) is 55.8 Å². The zero-order valence-corrected chi connectivity index (χ0v) is 15.7. The molecule has 6 nitrogen and oxygen atoms in total. The van der Waals surface area contributed by atoms with Crippen LogP contribution in [0.3, 0.4) is 0 Å². The van der Waals surface area contributed by atoms with Crippen LogP contribution in [0.2, 0.25) is 0 Å². The summed E-state index contributed by atoms with van der Waals surface area (Å²) in [6.07, 6.45) is 0. The number of hydrogen-bond donors (Lipinski definition) is 1. The largest absolute Gasteiger partial charge is 0.423 e. The topological polar surface area (TPSA) is 66.2 Å². The van der Waals surface area contributed by atoms with Crippen LogP contribution in [0.5, 0.6) is 0 Å². The molecule has 0 saturated carbocycles. The Morgan fingerprint density at radius 1 is 1.04 bits per heavy atom. The molecule has 1 aromatic carbocycles. The first kappa shape index (κ1) is 19.0. The lowest BCUT2D eigenvalue weighted by Gasteiger charge is -2.34. The molecule has 1 fully saturated rings. The predicted octanol–water partition coefficient (Wildman–Crippen LogP) is 1.54. The molecule has 2 aromatic rings. The van der Waals surface area contributed by atoms with E-state index in [-0.39, 0.29) is 12.2 Å². The SMILES string of the molecule is Cc1cc2oc(=O)cc(CN3CCN(CCOCCO)CC3)c2cc1C. The molecule has 0 unspecified atom stereocenters. The minimum Gasteiger partial charge on any atom is -0.423 e. The maximum Gasteiger partial charge on any atom is 0.336 e. The van der Waals surface area contributed by atoms with E-state index in [1.807, 2.05) is 13.0 Å². The average Bonchev–Trinajstić information content (AvgIpc) is 2.62. The summed E-state index contributed by atoms with van der Waals surface area (Å²) in [7, 11) is 0. The number of nitrogens with zero attached hydrogens (tertiary/aromatic N) is 2. The molecule has 0 bridgehead atoms. The fourth-order valence-electron chi connectivity index (χ4n) is 3.39.